The highest BCUT2D eigenvalue weighted by Gasteiger charge is 2.12. The lowest BCUT2D eigenvalue weighted by Crippen LogP contribution is -2.30. The monoisotopic (exact) mass is 215 g/mol. The van der Waals surface area contributed by atoms with Crippen LogP contribution in [0.4, 0.5) is 0 Å². The Morgan fingerprint density at radius 3 is 2.75 bits per heavy atom. The third-order valence-electron chi connectivity index (χ3n) is 2.92. The Morgan fingerprint density at radius 1 is 1.19 bits per heavy atom. The molecule has 0 aliphatic heterocycles. The van der Waals surface area contributed by atoms with Crippen LogP contribution in [0.25, 0.3) is 11.3 Å². The molecule has 2 aromatic rings. The van der Waals surface area contributed by atoms with Gasteiger partial charge in [-0.05, 0) is 43.5 Å². The maximum Gasteiger partial charge on any atom is 0.212 e. The van der Waals surface area contributed by atoms with Crippen LogP contribution < -0.4 is 4.57 Å². The average molecular weight is 215 g/mol. The first-order valence-corrected chi connectivity index (χ1v) is 5.37. The Balaban J connectivity index is 2.67. The summed E-state index contributed by atoms with van der Waals surface area (Å²) in [4.78, 5) is 0. The largest absolute Gasteiger partial charge is 0.212 e. The molecule has 1 heteroatoms. The number of nitrogens with zero attached hydrogens (tertiary/aromatic N) is 1. The van der Waals surface area contributed by atoms with Gasteiger partial charge < -0.3 is 0 Å². The molecule has 0 saturated heterocycles. The van der Waals surface area contributed by atoms with Crippen LogP contribution in [0.15, 0.2) is 36.5 Å². The third-order valence-corrected chi connectivity index (χ3v) is 2.92. The summed E-state index contributed by atoms with van der Waals surface area (Å²) in [5.74, 6) is 0. The van der Waals surface area contributed by atoms with Crippen molar-refractivity contribution in [3.8, 4) is 11.3 Å². The van der Waals surface area contributed by atoms with Crippen LogP contribution in [0.3, 0.4) is 0 Å². The van der Waals surface area contributed by atoms with E-state index in [0.717, 1.165) is 22.4 Å². The Labute approximate surface area is 102 Å². The summed E-state index contributed by atoms with van der Waals surface area (Å²) in [5.41, 5.74) is 4.41. The molecule has 1 aromatic carbocycles. The summed E-state index contributed by atoms with van der Waals surface area (Å²) >= 11 is 0. The molecule has 0 N–H and O–H groups in total. The van der Waals surface area contributed by atoms with Gasteiger partial charge in [0.05, 0.1) is 0 Å². The molecule has 1 nitrogen and oxygen atoms in total. The maximum atomic E-state index is 7.60. The summed E-state index contributed by atoms with van der Waals surface area (Å²) in [6.07, 6.45) is 1.99. The van der Waals surface area contributed by atoms with Gasteiger partial charge in [-0.15, -0.1) is 0 Å². The van der Waals surface area contributed by atoms with Crippen molar-refractivity contribution in [2.45, 2.75) is 20.7 Å². The minimum absolute atomic E-state index is 0.423. The normalized spacial score (nSPS) is 14.1. The van der Waals surface area contributed by atoms with Crippen molar-refractivity contribution in [3.05, 3.63) is 53.2 Å². The molecule has 0 aliphatic rings. The first-order chi connectivity index (χ1) is 8.80. The van der Waals surface area contributed by atoms with Gasteiger partial charge in [-0.25, -0.2) is 4.57 Å². The van der Waals surface area contributed by atoms with Crippen molar-refractivity contribution in [2.24, 2.45) is 7.05 Å². The number of hydrogen-bond donors (Lipinski definition) is 0. The molecular formula is C15H18N+. The third kappa shape index (κ3) is 1.85. The molecule has 0 aliphatic carbocycles. The quantitative estimate of drug-likeness (QED) is 0.644. The van der Waals surface area contributed by atoms with Crippen LogP contribution >= 0.6 is 0 Å². The van der Waals surface area contributed by atoms with Crippen molar-refractivity contribution in [1.29, 1.82) is 0 Å². The van der Waals surface area contributed by atoms with Crippen molar-refractivity contribution < 1.29 is 8.68 Å². The number of pyridine rings is 1. The summed E-state index contributed by atoms with van der Waals surface area (Å²) in [5, 5.41) is 0. The molecular weight excluding hydrogens is 194 g/mol. The second kappa shape index (κ2) is 4.09. The van der Waals surface area contributed by atoms with E-state index < -0.39 is 6.85 Å². The van der Waals surface area contributed by atoms with Gasteiger partial charge in [0.1, 0.15) is 7.05 Å². The molecule has 0 saturated carbocycles. The van der Waals surface area contributed by atoms with E-state index in [4.69, 9.17) is 4.11 Å². The highest BCUT2D eigenvalue weighted by Crippen LogP contribution is 2.22. The first-order valence-electron chi connectivity index (χ1n) is 6.87. The van der Waals surface area contributed by atoms with Gasteiger partial charge in [0.25, 0.3) is 0 Å². The molecule has 0 spiro atoms. The van der Waals surface area contributed by atoms with Gasteiger partial charge in [-0.3, -0.25) is 0 Å². The zero-order valence-corrected chi connectivity index (χ0v) is 9.91. The lowest BCUT2D eigenvalue weighted by molar-refractivity contribution is -0.660. The van der Waals surface area contributed by atoms with E-state index in [2.05, 4.69) is 6.07 Å². The standard InChI is InChI=1S/C15H18N/c1-11-8-9-16(4)15(10-11)14-7-5-6-12(2)13(14)3/h5-10H,1-4H3/q+1/i2D3. The molecule has 1 heterocycles. The van der Waals surface area contributed by atoms with Crippen molar-refractivity contribution >= 4 is 0 Å². The summed E-state index contributed by atoms with van der Waals surface area (Å²) < 4.78 is 24.8. The van der Waals surface area contributed by atoms with Crippen LogP contribution in [0.1, 0.15) is 20.8 Å². The van der Waals surface area contributed by atoms with E-state index in [1.165, 1.54) is 0 Å². The van der Waals surface area contributed by atoms with Gasteiger partial charge in [-0.2, -0.15) is 0 Å². The SMILES string of the molecule is [2H]C([2H])([2H])c1cccc(-c2cc(C)cc[n+]2C)c1C. The molecule has 16 heavy (non-hydrogen) atoms. The van der Waals surface area contributed by atoms with Gasteiger partial charge in [0.15, 0.2) is 6.20 Å². The van der Waals surface area contributed by atoms with E-state index in [-0.39, 0.29) is 0 Å². The smallest absolute Gasteiger partial charge is 0.201 e. The number of benzene rings is 1. The highest BCUT2D eigenvalue weighted by atomic mass is 14.9. The number of aromatic nitrogens is 1. The van der Waals surface area contributed by atoms with Crippen LogP contribution in [0, 0.1) is 20.7 Å². The number of rotatable bonds is 1. The Hall–Kier alpha value is -1.63. The van der Waals surface area contributed by atoms with Crippen molar-refractivity contribution in [1.82, 2.24) is 0 Å². The van der Waals surface area contributed by atoms with Crippen LogP contribution in [0.2, 0.25) is 0 Å². The fourth-order valence-corrected chi connectivity index (χ4v) is 1.86. The first kappa shape index (κ1) is 7.61. The van der Waals surface area contributed by atoms with E-state index in [9.17, 15) is 0 Å². The van der Waals surface area contributed by atoms with Crippen LogP contribution in [-0.2, 0) is 7.05 Å². The molecule has 0 unspecified atom stereocenters. The fourth-order valence-electron chi connectivity index (χ4n) is 1.86. The Kier molecular flexibility index (Phi) is 1.95. The zero-order chi connectivity index (χ0) is 14.2. The van der Waals surface area contributed by atoms with Gasteiger partial charge in [0.2, 0.25) is 5.69 Å². The number of aryl methyl sites for hydroxylation is 3. The molecule has 0 amide bonds. The minimum atomic E-state index is -2.07. The lowest BCUT2D eigenvalue weighted by atomic mass is 9.99. The number of hydrogen-bond acceptors (Lipinski definition) is 0. The van der Waals surface area contributed by atoms with Gasteiger partial charge in [0, 0.05) is 21.8 Å². The lowest BCUT2D eigenvalue weighted by Gasteiger charge is -2.07. The van der Waals surface area contributed by atoms with E-state index in [1.54, 1.807) is 6.07 Å². The topological polar surface area (TPSA) is 3.88 Å². The molecule has 0 bridgehead atoms. The molecule has 1 aromatic heterocycles. The Morgan fingerprint density at radius 2 is 2.00 bits per heavy atom. The maximum absolute atomic E-state index is 7.60. The van der Waals surface area contributed by atoms with Crippen LogP contribution in [-0.4, -0.2) is 0 Å². The van der Waals surface area contributed by atoms with Gasteiger partial charge in [-0.1, -0.05) is 12.1 Å². The second-order valence-electron chi connectivity index (χ2n) is 4.18. The van der Waals surface area contributed by atoms with E-state index in [1.807, 2.05) is 49.9 Å². The molecule has 2 rings (SSSR count). The molecule has 0 fully saturated rings. The predicted octanol–water partition coefficient (Wildman–Crippen LogP) is 3.10. The van der Waals surface area contributed by atoms with Gasteiger partial charge >= 0.3 is 0 Å². The minimum Gasteiger partial charge on any atom is -0.201 e. The van der Waals surface area contributed by atoms with Crippen LogP contribution in [0.5, 0.6) is 0 Å². The summed E-state index contributed by atoms with van der Waals surface area (Å²) in [6.45, 7) is 1.84. The van der Waals surface area contributed by atoms with Crippen molar-refractivity contribution in [3.63, 3.8) is 0 Å². The second-order valence-corrected chi connectivity index (χ2v) is 4.18. The average Bonchev–Trinajstić information content (AvgIpc) is 2.31. The fraction of sp³-hybridized carbons (Fsp3) is 0.267. The van der Waals surface area contributed by atoms with Crippen molar-refractivity contribution in [2.75, 3.05) is 0 Å². The highest BCUT2D eigenvalue weighted by molar-refractivity contribution is 5.63. The summed E-state index contributed by atoms with van der Waals surface area (Å²) in [7, 11) is 1.97. The molecule has 82 valence electrons. The Bertz CT molecular complexity index is 615. The zero-order valence-electron chi connectivity index (χ0n) is 12.9. The summed E-state index contributed by atoms with van der Waals surface area (Å²) in [6, 6.07) is 9.57. The molecule has 0 radical (unpaired) electrons. The predicted molar refractivity (Wildman–Crippen MR) is 67.3 cm³/mol. The van der Waals surface area contributed by atoms with E-state index in [0.29, 0.717) is 5.56 Å². The van der Waals surface area contributed by atoms with E-state index >= 15 is 0 Å². The molecule has 0 atom stereocenters.